The van der Waals surface area contributed by atoms with E-state index in [1.165, 1.54) is 29.8 Å². The summed E-state index contributed by atoms with van der Waals surface area (Å²) in [4.78, 5) is 10.6. The molecule has 0 aromatic carbocycles. The molecule has 0 atom stereocenters. The summed E-state index contributed by atoms with van der Waals surface area (Å²) in [6, 6.07) is 3.62. The van der Waals surface area contributed by atoms with Crippen LogP contribution in [0.4, 0.5) is 0 Å². The minimum absolute atomic E-state index is 0.0973. The SMILES string of the molecule is OCc1ccc(-c2nccn2Cc2nc3c(s2)CCCC3)o1. The van der Waals surface area contributed by atoms with E-state index in [4.69, 9.17) is 14.5 Å². The molecule has 5 nitrogen and oxygen atoms in total. The van der Waals surface area contributed by atoms with E-state index in [0.29, 0.717) is 18.1 Å². The first-order valence-corrected chi connectivity index (χ1v) is 8.33. The highest BCUT2D eigenvalue weighted by Gasteiger charge is 2.17. The van der Waals surface area contributed by atoms with Gasteiger partial charge in [0.25, 0.3) is 0 Å². The van der Waals surface area contributed by atoms with Gasteiger partial charge in [0.1, 0.15) is 17.4 Å². The fraction of sp³-hybridized carbons (Fsp3) is 0.375. The number of imidazole rings is 1. The van der Waals surface area contributed by atoms with Gasteiger partial charge in [0.2, 0.25) is 0 Å². The van der Waals surface area contributed by atoms with Gasteiger partial charge in [0, 0.05) is 17.3 Å². The van der Waals surface area contributed by atoms with Crippen molar-refractivity contribution in [3.05, 3.63) is 45.9 Å². The predicted molar refractivity (Wildman–Crippen MR) is 83.7 cm³/mol. The summed E-state index contributed by atoms with van der Waals surface area (Å²) >= 11 is 1.82. The Kier molecular flexibility index (Phi) is 3.56. The third kappa shape index (κ3) is 2.48. The highest BCUT2D eigenvalue weighted by molar-refractivity contribution is 7.11. The Bertz CT molecular complexity index is 764. The molecule has 0 saturated heterocycles. The van der Waals surface area contributed by atoms with Crippen molar-refractivity contribution >= 4 is 11.3 Å². The van der Waals surface area contributed by atoms with Crippen molar-refractivity contribution in [3.63, 3.8) is 0 Å². The van der Waals surface area contributed by atoms with E-state index >= 15 is 0 Å². The molecule has 1 aliphatic carbocycles. The van der Waals surface area contributed by atoms with Crippen molar-refractivity contribution in [2.75, 3.05) is 0 Å². The molecule has 0 amide bonds. The molecule has 0 spiro atoms. The van der Waals surface area contributed by atoms with Crippen LogP contribution in [0.15, 0.2) is 28.9 Å². The van der Waals surface area contributed by atoms with Gasteiger partial charge in [-0.2, -0.15) is 0 Å². The summed E-state index contributed by atoms with van der Waals surface area (Å²) in [5.74, 6) is 2.00. The number of aromatic nitrogens is 3. The van der Waals surface area contributed by atoms with Gasteiger partial charge in [-0.3, -0.25) is 0 Å². The van der Waals surface area contributed by atoms with E-state index in [9.17, 15) is 0 Å². The second-order valence-electron chi connectivity index (χ2n) is 5.49. The third-order valence-corrected chi connectivity index (χ3v) is 5.09. The van der Waals surface area contributed by atoms with Crippen LogP contribution < -0.4 is 0 Å². The highest BCUT2D eigenvalue weighted by Crippen LogP contribution is 2.28. The number of aryl methyl sites for hydroxylation is 2. The van der Waals surface area contributed by atoms with Crippen LogP contribution in [0.1, 0.15) is 34.2 Å². The van der Waals surface area contributed by atoms with Crippen molar-refractivity contribution < 1.29 is 9.52 Å². The number of hydrogen-bond donors (Lipinski definition) is 1. The molecule has 4 rings (SSSR count). The molecule has 22 heavy (non-hydrogen) atoms. The zero-order chi connectivity index (χ0) is 14.9. The summed E-state index contributed by atoms with van der Waals surface area (Å²) in [7, 11) is 0. The summed E-state index contributed by atoms with van der Waals surface area (Å²) in [5.41, 5.74) is 1.29. The highest BCUT2D eigenvalue weighted by atomic mass is 32.1. The van der Waals surface area contributed by atoms with Gasteiger partial charge >= 0.3 is 0 Å². The van der Waals surface area contributed by atoms with E-state index in [2.05, 4.69) is 4.98 Å². The van der Waals surface area contributed by atoms with E-state index in [0.717, 1.165) is 17.3 Å². The molecular weight excluding hydrogens is 298 g/mol. The minimum Gasteiger partial charge on any atom is -0.455 e. The predicted octanol–water partition coefficient (Wildman–Crippen LogP) is 3.02. The van der Waals surface area contributed by atoms with Gasteiger partial charge in [-0.05, 0) is 37.8 Å². The number of nitrogens with zero attached hydrogens (tertiary/aromatic N) is 3. The Morgan fingerprint density at radius 2 is 2.18 bits per heavy atom. The molecular formula is C16H17N3O2S. The molecule has 0 aliphatic heterocycles. The van der Waals surface area contributed by atoms with Crippen LogP contribution in [0, 0.1) is 0 Å². The summed E-state index contributed by atoms with van der Waals surface area (Å²) in [5, 5.41) is 10.2. The van der Waals surface area contributed by atoms with Crippen molar-refractivity contribution in [2.45, 2.75) is 38.8 Å². The maximum absolute atomic E-state index is 9.12. The number of hydrogen-bond acceptors (Lipinski definition) is 5. The molecule has 0 saturated carbocycles. The molecule has 0 radical (unpaired) electrons. The molecule has 3 heterocycles. The lowest BCUT2D eigenvalue weighted by Gasteiger charge is -2.06. The van der Waals surface area contributed by atoms with Crippen molar-refractivity contribution in [1.82, 2.24) is 14.5 Å². The minimum atomic E-state index is -0.0973. The van der Waals surface area contributed by atoms with Crippen LogP contribution in [0.25, 0.3) is 11.6 Å². The number of thiazole rings is 1. The monoisotopic (exact) mass is 315 g/mol. The van der Waals surface area contributed by atoms with Crippen LogP contribution >= 0.6 is 11.3 Å². The van der Waals surface area contributed by atoms with Crippen LogP contribution in [0.5, 0.6) is 0 Å². The molecule has 0 bridgehead atoms. The van der Waals surface area contributed by atoms with E-state index in [1.54, 1.807) is 12.3 Å². The van der Waals surface area contributed by atoms with E-state index in [1.807, 2.05) is 28.2 Å². The fourth-order valence-electron chi connectivity index (χ4n) is 2.86. The molecule has 0 unspecified atom stereocenters. The lowest BCUT2D eigenvalue weighted by molar-refractivity contribution is 0.248. The third-order valence-electron chi connectivity index (χ3n) is 3.95. The number of aliphatic hydroxyl groups is 1. The van der Waals surface area contributed by atoms with E-state index in [-0.39, 0.29) is 6.61 Å². The Hall–Kier alpha value is -1.92. The number of aliphatic hydroxyl groups excluding tert-OH is 1. The lowest BCUT2D eigenvalue weighted by Crippen LogP contribution is -2.01. The van der Waals surface area contributed by atoms with Gasteiger partial charge in [0.15, 0.2) is 11.6 Å². The van der Waals surface area contributed by atoms with Crippen LogP contribution in [-0.2, 0) is 26.0 Å². The fourth-order valence-corrected chi connectivity index (χ4v) is 4.02. The van der Waals surface area contributed by atoms with Gasteiger partial charge in [-0.1, -0.05) is 0 Å². The van der Waals surface area contributed by atoms with Crippen molar-refractivity contribution in [1.29, 1.82) is 0 Å². The average Bonchev–Trinajstić information content (AvgIpc) is 3.25. The molecule has 1 aliphatic rings. The summed E-state index contributed by atoms with van der Waals surface area (Å²) in [6.07, 6.45) is 8.52. The summed E-state index contributed by atoms with van der Waals surface area (Å²) < 4.78 is 7.63. The zero-order valence-electron chi connectivity index (χ0n) is 12.2. The summed E-state index contributed by atoms with van der Waals surface area (Å²) in [6.45, 7) is 0.613. The Labute approximate surface area is 132 Å². The number of fused-ring (bicyclic) bond motifs is 1. The largest absolute Gasteiger partial charge is 0.455 e. The van der Waals surface area contributed by atoms with Gasteiger partial charge < -0.3 is 14.1 Å². The van der Waals surface area contributed by atoms with Gasteiger partial charge in [-0.15, -0.1) is 11.3 Å². The maximum atomic E-state index is 9.12. The average molecular weight is 315 g/mol. The second-order valence-corrected chi connectivity index (χ2v) is 6.66. The maximum Gasteiger partial charge on any atom is 0.176 e. The lowest BCUT2D eigenvalue weighted by atomic mass is 10.0. The normalized spacial score (nSPS) is 14.2. The Balaban J connectivity index is 1.61. The van der Waals surface area contributed by atoms with Gasteiger partial charge in [-0.25, -0.2) is 9.97 Å². The molecule has 6 heteroatoms. The van der Waals surface area contributed by atoms with Gasteiger partial charge in [0.05, 0.1) is 12.2 Å². The number of furan rings is 1. The molecule has 114 valence electrons. The van der Waals surface area contributed by atoms with Crippen molar-refractivity contribution in [3.8, 4) is 11.6 Å². The quantitative estimate of drug-likeness (QED) is 0.804. The Morgan fingerprint density at radius 3 is 3.00 bits per heavy atom. The zero-order valence-corrected chi connectivity index (χ0v) is 13.0. The first-order valence-electron chi connectivity index (χ1n) is 7.52. The topological polar surface area (TPSA) is 64.1 Å². The first-order chi connectivity index (χ1) is 10.8. The Morgan fingerprint density at radius 1 is 1.27 bits per heavy atom. The van der Waals surface area contributed by atoms with Crippen LogP contribution in [0.3, 0.4) is 0 Å². The van der Waals surface area contributed by atoms with Crippen LogP contribution in [-0.4, -0.2) is 19.6 Å². The smallest absolute Gasteiger partial charge is 0.176 e. The standard InChI is InChI=1S/C16H17N3O2S/c20-10-11-5-6-13(21-11)16-17-7-8-19(16)9-15-18-12-3-1-2-4-14(12)22-15/h5-8,20H,1-4,9-10H2. The molecule has 3 aromatic rings. The number of rotatable bonds is 4. The molecule has 3 aromatic heterocycles. The second kappa shape index (κ2) is 5.70. The molecule has 1 N–H and O–H groups in total. The molecule has 0 fully saturated rings. The van der Waals surface area contributed by atoms with Crippen LogP contribution in [0.2, 0.25) is 0 Å². The van der Waals surface area contributed by atoms with E-state index < -0.39 is 0 Å². The van der Waals surface area contributed by atoms with Crippen molar-refractivity contribution in [2.24, 2.45) is 0 Å². The first kappa shape index (κ1) is 13.7.